The molecular weight excluding hydrogens is 320 g/mol. The zero-order valence-corrected chi connectivity index (χ0v) is 14.5. The highest BCUT2D eigenvalue weighted by atomic mass is 16.2. The number of carbonyl (C=O) groups excluding carboxylic acids is 3. The molecule has 7 nitrogen and oxygen atoms in total. The van der Waals surface area contributed by atoms with Gasteiger partial charge < -0.3 is 10.2 Å². The molecule has 0 aliphatic carbocycles. The van der Waals surface area contributed by atoms with Crippen molar-refractivity contribution in [3.05, 3.63) is 29.8 Å². The Morgan fingerprint density at radius 3 is 2.84 bits per heavy atom. The van der Waals surface area contributed by atoms with Gasteiger partial charge in [-0.25, -0.2) is 4.79 Å². The molecule has 2 aliphatic rings. The Hall–Kier alpha value is -2.41. The summed E-state index contributed by atoms with van der Waals surface area (Å²) in [6, 6.07) is 6.67. The Morgan fingerprint density at radius 1 is 1.28 bits per heavy atom. The van der Waals surface area contributed by atoms with E-state index >= 15 is 0 Å². The highest BCUT2D eigenvalue weighted by Gasteiger charge is 2.29. The van der Waals surface area contributed by atoms with Crippen molar-refractivity contribution in [3.63, 3.8) is 0 Å². The number of carbonyl (C=O) groups is 3. The molecule has 1 aromatic rings. The molecule has 134 valence electrons. The molecule has 2 saturated heterocycles. The number of likely N-dealkylation sites (tertiary alicyclic amines) is 1. The van der Waals surface area contributed by atoms with Gasteiger partial charge in [-0.1, -0.05) is 19.1 Å². The van der Waals surface area contributed by atoms with Crippen LogP contribution in [0.15, 0.2) is 24.3 Å². The van der Waals surface area contributed by atoms with Crippen molar-refractivity contribution in [2.24, 2.45) is 0 Å². The van der Waals surface area contributed by atoms with Crippen LogP contribution < -0.4 is 15.5 Å². The largest absolute Gasteiger partial charge is 0.348 e. The van der Waals surface area contributed by atoms with Crippen molar-refractivity contribution in [2.75, 3.05) is 31.1 Å². The van der Waals surface area contributed by atoms with Crippen LogP contribution in [0.4, 0.5) is 10.5 Å². The van der Waals surface area contributed by atoms with Gasteiger partial charge in [0.15, 0.2) is 0 Å². The van der Waals surface area contributed by atoms with E-state index in [0.29, 0.717) is 11.3 Å². The molecule has 0 radical (unpaired) electrons. The summed E-state index contributed by atoms with van der Waals surface area (Å²) in [6.45, 7) is 5.34. The van der Waals surface area contributed by atoms with E-state index in [2.05, 4.69) is 22.5 Å². The molecule has 3 rings (SSSR count). The second kappa shape index (κ2) is 7.65. The van der Waals surface area contributed by atoms with Crippen molar-refractivity contribution < 1.29 is 14.4 Å². The summed E-state index contributed by atoms with van der Waals surface area (Å²) < 4.78 is 0. The van der Waals surface area contributed by atoms with Gasteiger partial charge in [0.25, 0.3) is 5.91 Å². The van der Waals surface area contributed by atoms with Gasteiger partial charge in [-0.15, -0.1) is 0 Å². The molecule has 0 saturated carbocycles. The number of anilines is 1. The Labute approximate surface area is 147 Å². The molecule has 1 aromatic carbocycles. The number of nitrogens with zero attached hydrogens (tertiary/aromatic N) is 2. The molecule has 0 bridgehead atoms. The maximum atomic E-state index is 12.7. The molecule has 4 amide bonds. The van der Waals surface area contributed by atoms with Gasteiger partial charge in [-0.05, 0) is 31.5 Å². The van der Waals surface area contributed by atoms with Crippen LogP contribution in [0.3, 0.4) is 0 Å². The molecule has 0 aromatic heterocycles. The highest BCUT2D eigenvalue weighted by Crippen LogP contribution is 2.23. The molecule has 2 fully saturated rings. The predicted octanol–water partition coefficient (Wildman–Crippen LogP) is 1.35. The second-order valence-corrected chi connectivity index (χ2v) is 6.53. The van der Waals surface area contributed by atoms with Crippen LogP contribution in [-0.2, 0) is 4.79 Å². The first-order valence-corrected chi connectivity index (χ1v) is 8.82. The summed E-state index contributed by atoms with van der Waals surface area (Å²) in [6.07, 6.45) is 2.27. The molecule has 0 spiro atoms. The van der Waals surface area contributed by atoms with Gasteiger partial charge in [0.1, 0.15) is 0 Å². The van der Waals surface area contributed by atoms with E-state index in [1.165, 1.54) is 4.90 Å². The third-order valence-electron chi connectivity index (χ3n) is 4.64. The highest BCUT2D eigenvalue weighted by molar-refractivity contribution is 6.09. The minimum Gasteiger partial charge on any atom is -0.348 e. The zero-order chi connectivity index (χ0) is 17.8. The molecule has 2 aliphatic heterocycles. The first kappa shape index (κ1) is 17.4. The molecule has 2 N–H and O–H groups in total. The molecule has 0 unspecified atom stereocenters. The van der Waals surface area contributed by atoms with Crippen LogP contribution in [-0.4, -0.2) is 55.0 Å². The van der Waals surface area contributed by atoms with E-state index in [1.54, 1.807) is 24.3 Å². The standard InChI is InChI=1S/C18H24N4O3/c1-2-9-21-10-7-13(12-21)19-17(24)14-5-3-4-6-15(14)22-11-8-16(23)20-18(22)25/h3-6,13H,2,7-12H2,1H3,(H,19,24)(H,20,23,25)/t13-/m1/s1. The van der Waals surface area contributed by atoms with Crippen LogP contribution in [0.25, 0.3) is 0 Å². The predicted molar refractivity (Wildman–Crippen MR) is 94.5 cm³/mol. The van der Waals surface area contributed by atoms with E-state index in [1.807, 2.05) is 0 Å². The third kappa shape index (κ3) is 3.99. The normalized spacial score (nSPS) is 21.3. The number of rotatable bonds is 5. The van der Waals surface area contributed by atoms with Crippen LogP contribution in [0.5, 0.6) is 0 Å². The van der Waals surface area contributed by atoms with E-state index in [4.69, 9.17) is 0 Å². The van der Waals surface area contributed by atoms with Crippen LogP contribution in [0, 0.1) is 0 Å². The van der Waals surface area contributed by atoms with Gasteiger partial charge in [0, 0.05) is 32.1 Å². The Balaban J connectivity index is 1.71. The number of para-hydroxylation sites is 1. The lowest BCUT2D eigenvalue weighted by Crippen LogP contribution is -2.50. The number of hydrogen-bond acceptors (Lipinski definition) is 4. The molecule has 2 heterocycles. The summed E-state index contributed by atoms with van der Waals surface area (Å²) in [5, 5.41) is 5.38. The Bertz CT molecular complexity index is 676. The van der Waals surface area contributed by atoms with E-state index < -0.39 is 6.03 Å². The number of benzene rings is 1. The first-order chi connectivity index (χ1) is 12.1. The number of hydrogen-bond donors (Lipinski definition) is 2. The fraction of sp³-hybridized carbons (Fsp3) is 0.500. The minimum absolute atomic E-state index is 0.129. The van der Waals surface area contributed by atoms with E-state index in [-0.39, 0.29) is 30.8 Å². The molecule has 25 heavy (non-hydrogen) atoms. The fourth-order valence-electron chi connectivity index (χ4n) is 3.43. The minimum atomic E-state index is -0.480. The maximum absolute atomic E-state index is 12.7. The summed E-state index contributed by atoms with van der Waals surface area (Å²) in [5.41, 5.74) is 0.995. The van der Waals surface area contributed by atoms with Crippen LogP contribution in [0.1, 0.15) is 36.5 Å². The maximum Gasteiger partial charge on any atom is 0.328 e. The number of amides is 4. The molecule has 1 atom stereocenters. The average Bonchev–Trinajstić information content (AvgIpc) is 3.02. The van der Waals surface area contributed by atoms with Gasteiger partial charge in [-0.3, -0.25) is 19.8 Å². The van der Waals surface area contributed by atoms with Crippen molar-refractivity contribution in [1.82, 2.24) is 15.5 Å². The molecular formula is C18H24N4O3. The molecule has 7 heteroatoms. The SMILES string of the molecule is CCCN1CC[C@@H](NC(=O)c2ccccc2N2CCC(=O)NC2=O)C1. The van der Waals surface area contributed by atoms with Crippen LogP contribution >= 0.6 is 0 Å². The van der Waals surface area contributed by atoms with E-state index in [0.717, 1.165) is 32.5 Å². The van der Waals surface area contributed by atoms with Crippen molar-refractivity contribution in [1.29, 1.82) is 0 Å². The third-order valence-corrected chi connectivity index (χ3v) is 4.64. The van der Waals surface area contributed by atoms with Gasteiger partial charge in [-0.2, -0.15) is 0 Å². The second-order valence-electron chi connectivity index (χ2n) is 6.53. The smallest absolute Gasteiger partial charge is 0.328 e. The zero-order valence-electron chi connectivity index (χ0n) is 14.5. The monoisotopic (exact) mass is 344 g/mol. The first-order valence-electron chi connectivity index (χ1n) is 8.82. The lowest BCUT2D eigenvalue weighted by Gasteiger charge is -2.28. The lowest BCUT2D eigenvalue weighted by atomic mass is 10.1. The summed E-state index contributed by atoms with van der Waals surface area (Å²) in [5.74, 6) is -0.464. The lowest BCUT2D eigenvalue weighted by molar-refractivity contribution is -0.120. The number of imide groups is 1. The Kier molecular flexibility index (Phi) is 5.33. The summed E-state index contributed by atoms with van der Waals surface area (Å²) >= 11 is 0. The number of urea groups is 1. The summed E-state index contributed by atoms with van der Waals surface area (Å²) in [7, 11) is 0. The average molecular weight is 344 g/mol. The topological polar surface area (TPSA) is 81.8 Å². The van der Waals surface area contributed by atoms with Gasteiger partial charge in [0.2, 0.25) is 5.91 Å². The van der Waals surface area contributed by atoms with Crippen molar-refractivity contribution in [2.45, 2.75) is 32.2 Å². The fourth-order valence-corrected chi connectivity index (χ4v) is 3.43. The number of nitrogens with one attached hydrogen (secondary N) is 2. The quantitative estimate of drug-likeness (QED) is 0.845. The van der Waals surface area contributed by atoms with E-state index in [9.17, 15) is 14.4 Å². The van der Waals surface area contributed by atoms with Crippen molar-refractivity contribution in [3.8, 4) is 0 Å². The summed E-state index contributed by atoms with van der Waals surface area (Å²) in [4.78, 5) is 40.0. The van der Waals surface area contributed by atoms with Gasteiger partial charge >= 0.3 is 6.03 Å². The Morgan fingerprint density at radius 2 is 2.08 bits per heavy atom. The van der Waals surface area contributed by atoms with Crippen LogP contribution in [0.2, 0.25) is 0 Å². The van der Waals surface area contributed by atoms with Gasteiger partial charge in [0.05, 0.1) is 11.3 Å². The van der Waals surface area contributed by atoms with Crippen molar-refractivity contribution >= 4 is 23.5 Å².